The lowest BCUT2D eigenvalue weighted by Gasteiger charge is -2.10. The Labute approximate surface area is 181 Å². The summed E-state index contributed by atoms with van der Waals surface area (Å²) >= 11 is 0. The average Bonchev–Trinajstić information content (AvgIpc) is 2.83. The van der Waals surface area contributed by atoms with Gasteiger partial charge < -0.3 is 4.74 Å². The molecular weight excluding hydrogens is 386 g/mol. The Hall–Kier alpha value is -3.99. The SMILES string of the molecule is CCOc1ccc(-c2cc(C(=O)NN=C(C)c3ccccc3)c3ccccc3n2)cc1. The molecule has 1 heterocycles. The van der Waals surface area contributed by atoms with Crippen LogP contribution in [-0.4, -0.2) is 23.2 Å². The summed E-state index contributed by atoms with van der Waals surface area (Å²) in [5.41, 5.74) is 7.29. The van der Waals surface area contributed by atoms with E-state index >= 15 is 0 Å². The Morgan fingerprint density at radius 2 is 1.68 bits per heavy atom. The van der Waals surface area contributed by atoms with E-state index in [1.54, 1.807) is 6.07 Å². The largest absolute Gasteiger partial charge is 0.494 e. The molecule has 31 heavy (non-hydrogen) atoms. The second kappa shape index (κ2) is 9.22. The first-order valence-electron chi connectivity index (χ1n) is 10.2. The number of nitrogens with one attached hydrogen (secondary N) is 1. The molecule has 154 valence electrons. The Balaban J connectivity index is 1.68. The van der Waals surface area contributed by atoms with E-state index in [0.29, 0.717) is 12.2 Å². The van der Waals surface area contributed by atoms with Gasteiger partial charge in [-0.05, 0) is 55.8 Å². The maximum absolute atomic E-state index is 13.1. The van der Waals surface area contributed by atoms with Gasteiger partial charge in [-0.3, -0.25) is 4.79 Å². The summed E-state index contributed by atoms with van der Waals surface area (Å²) in [4.78, 5) is 17.8. The lowest BCUT2D eigenvalue weighted by atomic mass is 10.0. The number of para-hydroxylation sites is 1. The number of carbonyl (C=O) groups is 1. The van der Waals surface area contributed by atoms with Crippen LogP contribution in [0.2, 0.25) is 0 Å². The molecule has 0 fully saturated rings. The summed E-state index contributed by atoms with van der Waals surface area (Å²) in [6.07, 6.45) is 0. The van der Waals surface area contributed by atoms with Crippen LogP contribution in [0.4, 0.5) is 0 Å². The van der Waals surface area contributed by atoms with Gasteiger partial charge in [0.25, 0.3) is 5.91 Å². The monoisotopic (exact) mass is 409 g/mol. The Morgan fingerprint density at radius 1 is 0.968 bits per heavy atom. The molecule has 0 saturated carbocycles. The first-order valence-corrected chi connectivity index (χ1v) is 10.2. The van der Waals surface area contributed by atoms with Crippen LogP contribution in [-0.2, 0) is 0 Å². The topological polar surface area (TPSA) is 63.6 Å². The van der Waals surface area contributed by atoms with Gasteiger partial charge in [-0.15, -0.1) is 0 Å². The van der Waals surface area contributed by atoms with Gasteiger partial charge in [0.2, 0.25) is 0 Å². The van der Waals surface area contributed by atoms with Crippen LogP contribution in [0.25, 0.3) is 22.2 Å². The van der Waals surface area contributed by atoms with Gasteiger partial charge in [0.05, 0.1) is 29.1 Å². The molecule has 0 aliphatic carbocycles. The van der Waals surface area contributed by atoms with Crippen molar-refractivity contribution in [3.63, 3.8) is 0 Å². The van der Waals surface area contributed by atoms with E-state index in [4.69, 9.17) is 9.72 Å². The van der Waals surface area contributed by atoms with Crippen LogP contribution in [0.3, 0.4) is 0 Å². The molecule has 0 aliphatic heterocycles. The smallest absolute Gasteiger partial charge is 0.272 e. The molecule has 4 rings (SSSR count). The van der Waals surface area contributed by atoms with Gasteiger partial charge in [-0.25, -0.2) is 10.4 Å². The zero-order valence-electron chi connectivity index (χ0n) is 17.5. The van der Waals surface area contributed by atoms with E-state index in [1.807, 2.05) is 92.7 Å². The lowest BCUT2D eigenvalue weighted by molar-refractivity contribution is 0.0956. The van der Waals surface area contributed by atoms with Crippen molar-refractivity contribution in [3.8, 4) is 17.0 Å². The number of fused-ring (bicyclic) bond motifs is 1. The lowest BCUT2D eigenvalue weighted by Crippen LogP contribution is -2.20. The number of carbonyl (C=O) groups excluding carboxylic acids is 1. The van der Waals surface area contributed by atoms with Crippen molar-refractivity contribution in [2.45, 2.75) is 13.8 Å². The van der Waals surface area contributed by atoms with Crippen molar-refractivity contribution >= 4 is 22.5 Å². The van der Waals surface area contributed by atoms with Gasteiger partial charge in [0.15, 0.2) is 0 Å². The third kappa shape index (κ3) is 4.61. The highest BCUT2D eigenvalue weighted by Crippen LogP contribution is 2.26. The number of rotatable bonds is 6. The second-order valence-corrected chi connectivity index (χ2v) is 7.03. The van der Waals surface area contributed by atoms with Crippen molar-refractivity contribution in [1.29, 1.82) is 0 Å². The normalized spacial score (nSPS) is 11.4. The van der Waals surface area contributed by atoms with Gasteiger partial charge in [0, 0.05) is 10.9 Å². The summed E-state index contributed by atoms with van der Waals surface area (Å²) in [6.45, 7) is 4.43. The van der Waals surface area contributed by atoms with E-state index in [9.17, 15) is 4.79 Å². The van der Waals surface area contributed by atoms with Crippen molar-refractivity contribution < 1.29 is 9.53 Å². The summed E-state index contributed by atoms with van der Waals surface area (Å²) in [5.74, 6) is 0.525. The van der Waals surface area contributed by atoms with Gasteiger partial charge in [-0.2, -0.15) is 5.10 Å². The fourth-order valence-electron chi connectivity index (χ4n) is 3.34. The molecule has 0 bridgehead atoms. The summed E-state index contributed by atoms with van der Waals surface area (Å²) in [5, 5.41) is 5.07. The van der Waals surface area contributed by atoms with Crippen LogP contribution < -0.4 is 10.2 Å². The standard InChI is InChI=1S/C26H23N3O2/c1-3-31-21-15-13-20(14-16-21)25-17-23(22-11-7-8-12-24(22)27-25)26(30)29-28-18(2)19-9-5-4-6-10-19/h4-17H,3H2,1-2H3,(H,29,30). The first kappa shape index (κ1) is 20.3. The first-order chi connectivity index (χ1) is 15.2. The Bertz CT molecular complexity index is 1230. The fourth-order valence-corrected chi connectivity index (χ4v) is 3.34. The summed E-state index contributed by atoms with van der Waals surface area (Å²) < 4.78 is 5.52. The third-order valence-electron chi connectivity index (χ3n) is 4.94. The van der Waals surface area contributed by atoms with Crippen molar-refractivity contribution in [3.05, 3.63) is 96.1 Å². The number of pyridine rings is 1. The predicted molar refractivity (Wildman–Crippen MR) is 124 cm³/mol. The minimum absolute atomic E-state index is 0.277. The molecule has 0 spiro atoms. The molecule has 0 radical (unpaired) electrons. The zero-order valence-corrected chi connectivity index (χ0v) is 17.5. The van der Waals surface area contributed by atoms with Crippen LogP contribution in [0, 0.1) is 0 Å². The predicted octanol–water partition coefficient (Wildman–Crippen LogP) is 5.45. The Kier molecular flexibility index (Phi) is 6.03. The highest BCUT2D eigenvalue weighted by atomic mass is 16.5. The van der Waals surface area contributed by atoms with Gasteiger partial charge in [-0.1, -0.05) is 48.5 Å². The van der Waals surface area contributed by atoms with Crippen LogP contribution >= 0.6 is 0 Å². The maximum Gasteiger partial charge on any atom is 0.272 e. The van der Waals surface area contributed by atoms with Crippen molar-refractivity contribution in [2.24, 2.45) is 5.10 Å². The molecule has 0 aliphatic rings. The van der Waals surface area contributed by atoms with Crippen LogP contribution in [0.1, 0.15) is 29.8 Å². The molecule has 3 aromatic carbocycles. The van der Waals surface area contributed by atoms with E-state index < -0.39 is 0 Å². The number of hydrogen-bond acceptors (Lipinski definition) is 4. The van der Waals surface area contributed by atoms with E-state index in [0.717, 1.165) is 39.2 Å². The minimum atomic E-state index is -0.277. The van der Waals surface area contributed by atoms with Gasteiger partial charge >= 0.3 is 0 Å². The third-order valence-corrected chi connectivity index (χ3v) is 4.94. The molecule has 1 amide bonds. The molecule has 5 nitrogen and oxygen atoms in total. The quantitative estimate of drug-likeness (QED) is 0.340. The molecule has 5 heteroatoms. The molecular formula is C26H23N3O2. The number of ether oxygens (including phenoxy) is 1. The Morgan fingerprint density at radius 3 is 2.42 bits per heavy atom. The zero-order chi connectivity index (χ0) is 21.6. The molecule has 0 unspecified atom stereocenters. The molecule has 0 saturated heterocycles. The van der Waals surface area contributed by atoms with Gasteiger partial charge in [0.1, 0.15) is 5.75 Å². The second-order valence-electron chi connectivity index (χ2n) is 7.03. The highest BCUT2D eigenvalue weighted by molar-refractivity contribution is 6.08. The van der Waals surface area contributed by atoms with E-state index in [-0.39, 0.29) is 5.91 Å². The maximum atomic E-state index is 13.1. The van der Waals surface area contributed by atoms with E-state index in [2.05, 4.69) is 10.5 Å². The minimum Gasteiger partial charge on any atom is -0.494 e. The highest BCUT2D eigenvalue weighted by Gasteiger charge is 2.14. The fraction of sp³-hybridized carbons (Fsp3) is 0.115. The summed E-state index contributed by atoms with van der Waals surface area (Å²) in [7, 11) is 0. The van der Waals surface area contributed by atoms with E-state index in [1.165, 1.54) is 0 Å². The molecule has 0 atom stereocenters. The molecule has 1 N–H and O–H groups in total. The average molecular weight is 409 g/mol. The van der Waals surface area contributed by atoms with Crippen LogP contribution in [0.5, 0.6) is 5.75 Å². The number of hydrazone groups is 1. The number of amides is 1. The van der Waals surface area contributed by atoms with Crippen LogP contribution in [0.15, 0.2) is 90.0 Å². The van der Waals surface area contributed by atoms with Crippen molar-refractivity contribution in [1.82, 2.24) is 10.4 Å². The number of aromatic nitrogens is 1. The van der Waals surface area contributed by atoms with Crippen molar-refractivity contribution in [2.75, 3.05) is 6.61 Å². The number of hydrogen-bond donors (Lipinski definition) is 1. The summed E-state index contributed by atoms with van der Waals surface area (Å²) in [6, 6.07) is 26.9. The molecule has 1 aromatic heterocycles. The number of benzene rings is 3. The molecule has 4 aromatic rings. The number of nitrogens with zero attached hydrogens (tertiary/aromatic N) is 2.